The minimum atomic E-state index is -0.594. The van der Waals surface area contributed by atoms with Gasteiger partial charge >= 0.3 is 6.09 Å². The van der Waals surface area contributed by atoms with Gasteiger partial charge in [-0.1, -0.05) is 12.1 Å². The summed E-state index contributed by atoms with van der Waals surface area (Å²) in [6.07, 6.45) is 2.41. The highest BCUT2D eigenvalue weighted by Crippen LogP contribution is 2.38. The first kappa shape index (κ1) is 24.2. The molecule has 0 fully saturated rings. The molecular weight excluding hydrogens is 440 g/mol. The Morgan fingerprint density at radius 2 is 1.62 bits per heavy atom. The summed E-state index contributed by atoms with van der Waals surface area (Å²) in [6.45, 7) is 0.243. The Hall–Kier alpha value is -4.47. The maximum Gasteiger partial charge on any atom is 0.407 e. The quantitative estimate of drug-likeness (QED) is 0.437. The number of hydrogen-bond acceptors (Lipinski definition) is 8. The number of nitrogens with two attached hydrogens (primary N) is 1. The molecule has 0 bridgehead atoms. The molecule has 1 heterocycles. The number of hydrogen-bond donors (Lipinski definition) is 3. The van der Waals surface area contributed by atoms with Crippen molar-refractivity contribution in [1.82, 2.24) is 10.3 Å². The second-order valence-electron chi connectivity index (χ2n) is 7.08. The lowest BCUT2D eigenvalue weighted by molar-refractivity contribution is 0.102. The summed E-state index contributed by atoms with van der Waals surface area (Å²) in [7, 11) is 4.54. The van der Waals surface area contributed by atoms with Crippen LogP contribution in [0.2, 0.25) is 0 Å². The lowest BCUT2D eigenvalue weighted by Crippen LogP contribution is -2.23. The highest BCUT2D eigenvalue weighted by Gasteiger charge is 2.14. The number of anilines is 2. The summed E-state index contributed by atoms with van der Waals surface area (Å²) in [6, 6.07) is 11.8. The van der Waals surface area contributed by atoms with E-state index in [2.05, 4.69) is 15.6 Å². The van der Waals surface area contributed by atoms with E-state index in [1.54, 1.807) is 48.7 Å². The normalized spacial score (nSPS) is 10.2. The minimum absolute atomic E-state index is 0.0137. The third-order valence-corrected chi connectivity index (χ3v) is 4.85. The number of alkyl carbamates (subject to hydrolysis) is 1. The molecule has 0 unspecified atom stereocenters. The van der Waals surface area contributed by atoms with Crippen molar-refractivity contribution in [2.75, 3.05) is 32.4 Å². The van der Waals surface area contributed by atoms with Crippen molar-refractivity contribution < 1.29 is 28.5 Å². The standard InChI is InChI=1S/C24H26N4O6/c1-31-20-10-16(11-21(32-2)22(20)33-3)14-34-24(30)27-12-15-4-6-17(7-5-15)23(29)28-19-8-9-26-13-18(19)25/h4-11,13H,12,14,25H2,1-3H3,(H,27,30)(H,26,28,29). The Bertz CT molecular complexity index is 1130. The number of benzene rings is 2. The number of methoxy groups -OCH3 is 3. The van der Waals surface area contributed by atoms with E-state index < -0.39 is 6.09 Å². The fraction of sp³-hybridized carbons (Fsp3) is 0.208. The van der Waals surface area contributed by atoms with Crippen LogP contribution in [0.5, 0.6) is 17.2 Å². The number of pyridine rings is 1. The zero-order valence-electron chi connectivity index (χ0n) is 19.1. The van der Waals surface area contributed by atoms with E-state index in [-0.39, 0.29) is 19.1 Å². The van der Waals surface area contributed by atoms with Gasteiger partial charge in [-0.3, -0.25) is 9.78 Å². The van der Waals surface area contributed by atoms with E-state index in [1.165, 1.54) is 27.5 Å². The summed E-state index contributed by atoms with van der Waals surface area (Å²) in [5, 5.41) is 5.41. The largest absolute Gasteiger partial charge is 0.493 e. The van der Waals surface area contributed by atoms with Gasteiger partial charge in [-0.15, -0.1) is 0 Å². The maximum atomic E-state index is 12.4. The lowest BCUT2D eigenvalue weighted by atomic mass is 10.1. The molecule has 10 heteroatoms. The number of nitrogens with zero attached hydrogens (tertiary/aromatic N) is 1. The van der Waals surface area contributed by atoms with E-state index in [9.17, 15) is 9.59 Å². The first-order valence-electron chi connectivity index (χ1n) is 10.2. The summed E-state index contributed by atoms with van der Waals surface area (Å²) < 4.78 is 21.2. The van der Waals surface area contributed by atoms with E-state index in [0.29, 0.717) is 39.8 Å². The highest BCUT2D eigenvalue weighted by atomic mass is 16.5. The SMILES string of the molecule is COc1cc(COC(=O)NCc2ccc(C(=O)Nc3ccncc3N)cc2)cc(OC)c1OC. The van der Waals surface area contributed by atoms with Crippen molar-refractivity contribution >= 4 is 23.4 Å². The van der Waals surface area contributed by atoms with Crippen LogP contribution in [0, 0.1) is 0 Å². The van der Waals surface area contributed by atoms with Gasteiger partial charge in [0.25, 0.3) is 5.91 Å². The average Bonchev–Trinajstić information content (AvgIpc) is 2.87. The van der Waals surface area contributed by atoms with E-state index in [1.807, 2.05) is 0 Å². The van der Waals surface area contributed by atoms with Gasteiger partial charge in [0.15, 0.2) is 11.5 Å². The smallest absolute Gasteiger partial charge is 0.407 e. The van der Waals surface area contributed by atoms with Crippen LogP contribution in [-0.4, -0.2) is 38.3 Å². The predicted molar refractivity (Wildman–Crippen MR) is 126 cm³/mol. The van der Waals surface area contributed by atoms with Crippen molar-refractivity contribution in [2.45, 2.75) is 13.2 Å². The number of nitrogen functional groups attached to an aromatic ring is 1. The Morgan fingerprint density at radius 1 is 0.941 bits per heavy atom. The van der Waals surface area contributed by atoms with Crippen molar-refractivity contribution in [3.05, 3.63) is 71.5 Å². The van der Waals surface area contributed by atoms with Gasteiger partial charge in [-0.25, -0.2) is 4.79 Å². The van der Waals surface area contributed by atoms with Crippen LogP contribution in [0.15, 0.2) is 54.9 Å². The van der Waals surface area contributed by atoms with Crippen LogP contribution in [0.1, 0.15) is 21.5 Å². The molecule has 178 valence electrons. The fourth-order valence-corrected chi connectivity index (χ4v) is 3.08. The highest BCUT2D eigenvalue weighted by molar-refractivity contribution is 6.05. The van der Waals surface area contributed by atoms with Gasteiger partial charge in [-0.05, 0) is 41.5 Å². The van der Waals surface area contributed by atoms with Gasteiger partial charge in [-0.2, -0.15) is 0 Å². The molecule has 0 aliphatic carbocycles. The number of carbonyl (C=O) groups excluding carboxylic acids is 2. The molecule has 0 saturated heterocycles. The number of rotatable bonds is 9. The molecule has 10 nitrogen and oxygen atoms in total. The molecule has 34 heavy (non-hydrogen) atoms. The van der Waals surface area contributed by atoms with Crippen molar-refractivity contribution in [3.63, 3.8) is 0 Å². The zero-order valence-corrected chi connectivity index (χ0v) is 19.1. The van der Waals surface area contributed by atoms with Crippen molar-refractivity contribution in [1.29, 1.82) is 0 Å². The molecule has 2 aromatic carbocycles. The van der Waals surface area contributed by atoms with Gasteiger partial charge in [0.05, 0.1) is 38.9 Å². The summed E-state index contributed by atoms with van der Waals surface area (Å²) in [5.74, 6) is 1.09. The van der Waals surface area contributed by atoms with Crippen LogP contribution in [0.4, 0.5) is 16.2 Å². The third kappa shape index (κ3) is 6.06. The zero-order chi connectivity index (χ0) is 24.5. The fourth-order valence-electron chi connectivity index (χ4n) is 3.08. The van der Waals surface area contributed by atoms with Crippen LogP contribution in [-0.2, 0) is 17.9 Å². The summed E-state index contributed by atoms with van der Waals surface area (Å²) in [5.41, 5.74) is 8.58. The first-order chi connectivity index (χ1) is 16.4. The number of ether oxygens (including phenoxy) is 4. The molecule has 3 rings (SSSR count). The monoisotopic (exact) mass is 466 g/mol. The Labute approximate surface area is 197 Å². The molecule has 0 atom stereocenters. The molecule has 0 saturated carbocycles. The van der Waals surface area contributed by atoms with E-state index >= 15 is 0 Å². The van der Waals surface area contributed by atoms with Gasteiger partial charge in [0.1, 0.15) is 6.61 Å². The van der Waals surface area contributed by atoms with Crippen LogP contribution < -0.4 is 30.6 Å². The first-order valence-corrected chi connectivity index (χ1v) is 10.2. The Balaban J connectivity index is 1.51. The summed E-state index contributed by atoms with van der Waals surface area (Å²) >= 11 is 0. The molecular formula is C24H26N4O6. The number of nitrogens with one attached hydrogen (secondary N) is 2. The number of amides is 2. The van der Waals surface area contributed by atoms with Crippen LogP contribution >= 0.6 is 0 Å². The van der Waals surface area contributed by atoms with Gasteiger partial charge in [0, 0.05) is 18.3 Å². The maximum absolute atomic E-state index is 12.4. The van der Waals surface area contributed by atoms with Crippen LogP contribution in [0.3, 0.4) is 0 Å². The minimum Gasteiger partial charge on any atom is -0.493 e. The second-order valence-corrected chi connectivity index (χ2v) is 7.08. The number of carbonyl (C=O) groups is 2. The van der Waals surface area contributed by atoms with E-state index in [4.69, 9.17) is 24.7 Å². The molecule has 0 spiro atoms. The average molecular weight is 466 g/mol. The van der Waals surface area contributed by atoms with Crippen molar-refractivity contribution in [2.24, 2.45) is 0 Å². The van der Waals surface area contributed by atoms with Crippen molar-refractivity contribution in [3.8, 4) is 17.2 Å². The molecule has 0 radical (unpaired) electrons. The summed E-state index contributed by atoms with van der Waals surface area (Å²) in [4.78, 5) is 28.4. The Kier molecular flexibility index (Phi) is 8.11. The molecule has 0 aliphatic heterocycles. The topological polar surface area (TPSA) is 134 Å². The van der Waals surface area contributed by atoms with Crippen LogP contribution in [0.25, 0.3) is 0 Å². The lowest BCUT2D eigenvalue weighted by Gasteiger charge is -2.14. The molecule has 1 aromatic heterocycles. The number of aromatic nitrogens is 1. The predicted octanol–water partition coefficient (Wildman–Crippen LogP) is 3.37. The third-order valence-electron chi connectivity index (χ3n) is 4.85. The van der Waals surface area contributed by atoms with E-state index in [0.717, 1.165) is 5.56 Å². The van der Waals surface area contributed by atoms with Gasteiger partial charge in [0.2, 0.25) is 5.75 Å². The molecule has 0 aliphatic rings. The van der Waals surface area contributed by atoms with Gasteiger partial charge < -0.3 is 35.3 Å². The molecule has 2 amide bonds. The molecule has 3 aromatic rings. The molecule has 4 N–H and O–H groups in total. The second kappa shape index (κ2) is 11.4. The Morgan fingerprint density at radius 3 is 2.21 bits per heavy atom.